The maximum atomic E-state index is 14.0. The van der Waals surface area contributed by atoms with Crippen LogP contribution in [0.2, 0.25) is 0 Å². The lowest BCUT2D eigenvalue weighted by atomic mass is 9.65. The summed E-state index contributed by atoms with van der Waals surface area (Å²) in [5, 5.41) is 15.7. The zero-order valence-electron chi connectivity index (χ0n) is 25.1. The van der Waals surface area contributed by atoms with Crippen molar-refractivity contribution in [2.45, 2.75) is 50.2 Å². The maximum absolute atomic E-state index is 14.0. The summed E-state index contributed by atoms with van der Waals surface area (Å²) in [5.41, 5.74) is 2.38. The van der Waals surface area contributed by atoms with E-state index in [2.05, 4.69) is 22.4 Å². The minimum Gasteiger partial charge on any atom is -0.493 e. The van der Waals surface area contributed by atoms with Crippen LogP contribution in [0.1, 0.15) is 54.8 Å². The summed E-state index contributed by atoms with van der Waals surface area (Å²) < 4.78 is 5.62. The molecule has 0 aromatic heterocycles. The van der Waals surface area contributed by atoms with Crippen molar-refractivity contribution >= 4 is 24.4 Å². The number of ether oxygens (including phenoxy) is 1. The Balaban J connectivity index is 1.16. The highest BCUT2D eigenvalue weighted by atomic mass is 16.5. The first-order chi connectivity index (χ1) is 20.9. The molecular weight excluding hydrogens is 542 g/mol. The molecule has 1 spiro atoms. The van der Waals surface area contributed by atoms with Crippen molar-refractivity contribution < 1.29 is 19.4 Å². The molecule has 3 fully saturated rings. The first kappa shape index (κ1) is 29.4. The fraction of sp³-hybridized carbons (Fsp3) is 0.500. The molecule has 2 atom stereocenters. The molecule has 0 radical (unpaired) electrons. The molecule has 0 bridgehead atoms. The van der Waals surface area contributed by atoms with E-state index in [1.807, 2.05) is 58.1 Å². The van der Waals surface area contributed by atoms with E-state index >= 15 is 0 Å². The predicted octanol–water partition coefficient (Wildman–Crippen LogP) is 3.89. The number of benzene rings is 2. The van der Waals surface area contributed by atoms with Gasteiger partial charge in [0.2, 0.25) is 0 Å². The number of aliphatic imine (C=N–C) groups is 1. The van der Waals surface area contributed by atoms with E-state index in [4.69, 9.17) is 4.74 Å². The zero-order valence-corrected chi connectivity index (χ0v) is 25.1. The van der Waals surface area contributed by atoms with E-state index in [1.165, 1.54) is 6.08 Å². The lowest BCUT2D eigenvalue weighted by Gasteiger charge is -2.54. The van der Waals surface area contributed by atoms with Gasteiger partial charge in [-0.25, -0.2) is 9.79 Å². The summed E-state index contributed by atoms with van der Waals surface area (Å²) in [7, 11) is 1.92. The Labute approximate surface area is 254 Å². The first-order valence-electron chi connectivity index (χ1n) is 15.6. The van der Waals surface area contributed by atoms with Crippen molar-refractivity contribution in [3.63, 3.8) is 0 Å². The molecular formula is C34H43N5O4. The van der Waals surface area contributed by atoms with Gasteiger partial charge < -0.3 is 29.9 Å². The van der Waals surface area contributed by atoms with Crippen LogP contribution in [0.25, 0.3) is 5.70 Å². The minimum absolute atomic E-state index is 0.00283. The number of rotatable bonds is 7. The molecule has 4 aliphatic rings. The van der Waals surface area contributed by atoms with E-state index in [-0.39, 0.29) is 17.5 Å². The summed E-state index contributed by atoms with van der Waals surface area (Å²) >= 11 is 0. The Bertz CT molecular complexity index is 1370. The molecule has 43 heavy (non-hydrogen) atoms. The molecule has 3 heterocycles. The Kier molecular flexibility index (Phi) is 8.54. The summed E-state index contributed by atoms with van der Waals surface area (Å²) in [6, 6.07) is 16.2. The molecule has 2 saturated heterocycles. The van der Waals surface area contributed by atoms with Crippen LogP contribution in [-0.4, -0.2) is 97.0 Å². The summed E-state index contributed by atoms with van der Waals surface area (Å²) in [5.74, 6) is 0.886. The molecule has 228 valence electrons. The third-order valence-corrected chi connectivity index (χ3v) is 9.90. The Morgan fingerprint density at radius 2 is 1.98 bits per heavy atom. The van der Waals surface area contributed by atoms with Crippen LogP contribution >= 0.6 is 0 Å². The number of fused-ring (bicyclic) bond motifs is 1. The summed E-state index contributed by atoms with van der Waals surface area (Å²) in [6.45, 7) is 4.34. The Hall–Kier alpha value is -3.69. The second kappa shape index (κ2) is 12.5. The average molecular weight is 586 g/mol. The van der Waals surface area contributed by atoms with Gasteiger partial charge in [0.05, 0.1) is 30.3 Å². The van der Waals surface area contributed by atoms with Crippen LogP contribution in [0.3, 0.4) is 0 Å². The number of allylic oxidation sites excluding steroid dienone is 1. The molecule has 2 aromatic rings. The van der Waals surface area contributed by atoms with E-state index < -0.39 is 5.60 Å². The Morgan fingerprint density at radius 1 is 1.16 bits per heavy atom. The van der Waals surface area contributed by atoms with Gasteiger partial charge in [-0.2, -0.15) is 0 Å². The van der Waals surface area contributed by atoms with Gasteiger partial charge in [-0.3, -0.25) is 4.79 Å². The number of aldehydes is 1. The lowest BCUT2D eigenvalue weighted by Crippen LogP contribution is -2.65. The van der Waals surface area contributed by atoms with Crippen molar-refractivity contribution in [3.05, 3.63) is 71.3 Å². The molecule has 1 saturated carbocycles. The monoisotopic (exact) mass is 585 g/mol. The van der Waals surface area contributed by atoms with Gasteiger partial charge in [-0.15, -0.1) is 0 Å². The van der Waals surface area contributed by atoms with Gasteiger partial charge in [0.1, 0.15) is 12.0 Å². The van der Waals surface area contributed by atoms with Crippen LogP contribution in [0.15, 0.2) is 59.6 Å². The SMILES string of the molecule is CN(C=N/C(=C\C=O)c1ccc2c(c1)CCO2)CC1(O)CCN(C(=O)N2CCNCC2c2ccccc2)CC12CCCC2. The van der Waals surface area contributed by atoms with Crippen molar-refractivity contribution in [1.29, 1.82) is 0 Å². The van der Waals surface area contributed by atoms with Crippen molar-refractivity contribution in [3.8, 4) is 5.75 Å². The number of hydrogen-bond acceptors (Lipinski definition) is 6. The molecule has 2 N–H and O–H groups in total. The molecule has 6 rings (SSSR count). The number of piperidine rings is 1. The second-order valence-electron chi connectivity index (χ2n) is 12.6. The number of piperazine rings is 1. The molecule has 2 unspecified atom stereocenters. The molecule has 1 aliphatic carbocycles. The fourth-order valence-electron chi connectivity index (χ4n) is 7.59. The standard InChI is InChI=1S/C34H43N5O4/c1-37(25-36-29(11-19-40)27-9-10-31-28(21-27)12-20-43-31)24-34(42)15-17-38(23-33(34)13-5-6-14-33)32(41)39-18-16-35-22-30(39)26-7-3-2-4-8-26/h2-4,7-11,19,21,25,30,35,42H,5-6,12-18,20,22-24H2,1H3/b29-11-,36-25?. The molecule has 3 aliphatic heterocycles. The van der Waals surface area contributed by atoms with Crippen LogP contribution < -0.4 is 10.1 Å². The van der Waals surface area contributed by atoms with Crippen LogP contribution in [0.4, 0.5) is 4.79 Å². The highest BCUT2D eigenvalue weighted by Crippen LogP contribution is 2.51. The fourth-order valence-corrected chi connectivity index (χ4v) is 7.59. The van der Waals surface area contributed by atoms with Crippen molar-refractivity contribution in [2.75, 3.05) is 52.9 Å². The Morgan fingerprint density at radius 3 is 2.77 bits per heavy atom. The molecule has 9 heteroatoms. The topological polar surface area (TPSA) is 97.7 Å². The zero-order chi connectivity index (χ0) is 29.9. The molecule has 2 amide bonds. The van der Waals surface area contributed by atoms with Gasteiger partial charge >= 0.3 is 6.03 Å². The highest BCUT2D eigenvalue weighted by Gasteiger charge is 2.56. The van der Waals surface area contributed by atoms with E-state index in [0.717, 1.165) is 73.9 Å². The largest absolute Gasteiger partial charge is 0.493 e. The van der Waals surface area contributed by atoms with E-state index in [9.17, 15) is 14.7 Å². The number of carbonyl (C=O) groups is 2. The highest BCUT2D eigenvalue weighted by molar-refractivity contribution is 5.84. The number of likely N-dealkylation sites (tertiary alicyclic amines) is 1. The van der Waals surface area contributed by atoms with Crippen molar-refractivity contribution in [1.82, 2.24) is 20.0 Å². The summed E-state index contributed by atoms with van der Waals surface area (Å²) in [4.78, 5) is 36.1. The number of urea groups is 1. The quantitative estimate of drug-likeness (QED) is 0.222. The van der Waals surface area contributed by atoms with Gasteiger partial charge in [0, 0.05) is 69.8 Å². The van der Waals surface area contributed by atoms with Crippen molar-refractivity contribution in [2.24, 2.45) is 10.4 Å². The number of amides is 2. The number of likely N-dealkylation sites (N-methyl/N-ethyl adjacent to an activating group) is 1. The first-order valence-corrected chi connectivity index (χ1v) is 15.6. The molecule has 2 aromatic carbocycles. The van der Waals surface area contributed by atoms with E-state index in [1.54, 1.807) is 6.34 Å². The number of hydrogen-bond donors (Lipinski definition) is 2. The predicted molar refractivity (Wildman–Crippen MR) is 167 cm³/mol. The maximum Gasteiger partial charge on any atom is 0.320 e. The molecule has 9 nitrogen and oxygen atoms in total. The van der Waals surface area contributed by atoms with Gasteiger partial charge in [0.25, 0.3) is 0 Å². The minimum atomic E-state index is -0.956. The average Bonchev–Trinajstić information content (AvgIpc) is 3.71. The normalized spacial score (nSPS) is 25.2. The summed E-state index contributed by atoms with van der Waals surface area (Å²) in [6.07, 6.45) is 9.20. The van der Waals surface area contributed by atoms with Gasteiger partial charge in [-0.1, -0.05) is 43.2 Å². The van der Waals surface area contributed by atoms with Crippen LogP contribution in [-0.2, 0) is 11.2 Å². The van der Waals surface area contributed by atoms with Gasteiger partial charge in [0.15, 0.2) is 0 Å². The smallest absolute Gasteiger partial charge is 0.320 e. The number of nitrogens with one attached hydrogen (secondary N) is 1. The van der Waals surface area contributed by atoms with Crippen LogP contribution in [0.5, 0.6) is 5.75 Å². The van der Waals surface area contributed by atoms with Gasteiger partial charge in [-0.05, 0) is 48.6 Å². The number of carbonyl (C=O) groups excluding carboxylic acids is 2. The number of aliphatic hydroxyl groups is 1. The lowest BCUT2D eigenvalue weighted by molar-refractivity contribution is -0.132. The third kappa shape index (κ3) is 5.93. The van der Waals surface area contributed by atoms with Crippen LogP contribution in [0, 0.1) is 5.41 Å². The van der Waals surface area contributed by atoms with E-state index in [0.29, 0.717) is 44.9 Å². The third-order valence-electron chi connectivity index (χ3n) is 9.90. The second-order valence-corrected chi connectivity index (χ2v) is 12.6. The number of nitrogens with zero attached hydrogens (tertiary/aromatic N) is 4.